The van der Waals surface area contributed by atoms with Gasteiger partial charge >= 0.3 is 6.01 Å². The Morgan fingerprint density at radius 3 is 2.86 bits per heavy atom. The van der Waals surface area contributed by atoms with Crippen molar-refractivity contribution in [3.05, 3.63) is 5.82 Å². The molecule has 5 heteroatoms. The highest BCUT2D eigenvalue weighted by atomic mass is 16.5. The zero-order valence-corrected chi connectivity index (χ0v) is 8.44. The van der Waals surface area contributed by atoms with Crippen molar-refractivity contribution in [3.8, 4) is 6.01 Å². The quantitative estimate of drug-likeness (QED) is 0.745. The zero-order valence-electron chi connectivity index (χ0n) is 8.44. The lowest BCUT2D eigenvalue weighted by atomic mass is 10.4. The number of nitrogens with two attached hydrogens (primary N) is 1. The maximum atomic E-state index is 5.51. The zero-order chi connectivity index (χ0) is 9.97. The normalized spacial score (nSPS) is 15.9. The van der Waals surface area contributed by atoms with Gasteiger partial charge in [-0.1, -0.05) is 5.10 Å². The van der Waals surface area contributed by atoms with Crippen molar-refractivity contribution < 1.29 is 4.74 Å². The molecule has 0 aromatic carbocycles. The van der Waals surface area contributed by atoms with Crippen LogP contribution in [-0.2, 0) is 6.42 Å². The second kappa shape index (κ2) is 3.96. The van der Waals surface area contributed by atoms with Crippen molar-refractivity contribution in [1.29, 1.82) is 0 Å². The lowest BCUT2D eigenvalue weighted by molar-refractivity contribution is 0.294. The summed E-state index contributed by atoms with van der Waals surface area (Å²) in [5.74, 6) is 0.957. The smallest absolute Gasteiger partial charge is 0.317 e. The molecule has 0 bridgehead atoms. The highest BCUT2D eigenvalue weighted by Crippen LogP contribution is 2.38. The molecule has 1 aliphatic rings. The van der Waals surface area contributed by atoms with Gasteiger partial charge in [-0.3, -0.25) is 4.57 Å². The SMILES string of the molecule is CCOc1nnc(CCN)n1C1CC1. The van der Waals surface area contributed by atoms with Crippen molar-refractivity contribution in [3.63, 3.8) is 0 Å². The van der Waals surface area contributed by atoms with E-state index in [1.54, 1.807) is 0 Å². The third kappa shape index (κ3) is 1.72. The van der Waals surface area contributed by atoms with Crippen molar-refractivity contribution >= 4 is 0 Å². The molecule has 1 aromatic heterocycles. The van der Waals surface area contributed by atoms with Gasteiger partial charge in [-0.25, -0.2) is 0 Å². The topological polar surface area (TPSA) is 66.0 Å². The minimum atomic E-state index is 0.549. The fourth-order valence-corrected chi connectivity index (χ4v) is 1.53. The van der Waals surface area contributed by atoms with E-state index in [4.69, 9.17) is 10.5 Å². The van der Waals surface area contributed by atoms with E-state index < -0.39 is 0 Å². The molecule has 0 amide bonds. The van der Waals surface area contributed by atoms with Gasteiger partial charge in [-0.2, -0.15) is 0 Å². The summed E-state index contributed by atoms with van der Waals surface area (Å²) in [5, 5.41) is 8.11. The van der Waals surface area contributed by atoms with E-state index in [1.165, 1.54) is 12.8 Å². The van der Waals surface area contributed by atoms with Crippen molar-refractivity contribution in [2.24, 2.45) is 5.73 Å². The molecule has 2 rings (SSSR count). The predicted molar refractivity (Wildman–Crippen MR) is 52.2 cm³/mol. The van der Waals surface area contributed by atoms with Crippen LogP contribution >= 0.6 is 0 Å². The van der Waals surface area contributed by atoms with Gasteiger partial charge in [0.2, 0.25) is 0 Å². The molecule has 2 N–H and O–H groups in total. The van der Waals surface area contributed by atoms with E-state index in [0.717, 1.165) is 12.2 Å². The summed E-state index contributed by atoms with van der Waals surface area (Å²) in [7, 11) is 0. The standard InChI is InChI=1S/C9H16N4O/c1-2-14-9-12-11-8(5-6-10)13(9)7-3-4-7/h7H,2-6,10H2,1H3. The Labute approximate surface area is 83.3 Å². The van der Waals surface area contributed by atoms with Gasteiger partial charge in [0.1, 0.15) is 5.82 Å². The van der Waals surface area contributed by atoms with Crippen molar-refractivity contribution in [2.75, 3.05) is 13.2 Å². The van der Waals surface area contributed by atoms with Crippen LogP contribution in [0.1, 0.15) is 31.6 Å². The van der Waals surface area contributed by atoms with Gasteiger partial charge < -0.3 is 10.5 Å². The largest absolute Gasteiger partial charge is 0.464 e. The molecule has 1 heterocycles. The van der Waals surface area contributed by atoms with E-state index in [2.05, 4.69) is 14.8 Å². The van der Waals surface area contributed by atoms with E-state index >= 15 is 0 Å². The molecule has 1 fully saturated rings. The molecule has 1 aliphatic carbocycles. The number of ether oxygens (including phenoxy) is 1. The number of rotatable bonds is 5. The van der Waals surface area contributed by atoms with Crippen LogP contribution in [0.2, 0.25) is 0 Å². The Morgan fingerprint density at radius 1 is 1.50 bits per heavy atom. The second-order valence-corrected chi connectivity index (χ2v) is 3.47. The minimum absolute atomic E-state index is 0.549. The Morgan fingerprint density at radius 2 is 2.29 bits per heavy atom. The highest BCUT2D eigenvalue weighted by Gasteiger charge is 2.29. The second-order valence-electron chi connectivity index (χ2n) is 3.47. The van der Waals surface area contributed by atoms with Gasteiger partial charge in [-0.05, 0) is 26.3 Å². The molecule has 78 valence electrons. The first-order valence-corrected chi connectivity index (χ1v) is 5.13. The lowest BCUT2D eigenvalue weighted by Gasteiger charge is -2.07. The summed E-state index contributed by atoms with van der Waals surface area (Å²) in [4.78, 5) is 0. The number of hydrogen-bond donors (Lipinski definition) is 1. The summed E-state index contributed by atoms with van der Waals surface area (Å²) < 4.78 is 7.51. The van der Waals surface area contributed by atoms with E-state index in [9.17, 15) is 0 Å². The number of aromatic nitrogens is 3. The summed E-state index contributed by atoms with van der Waals surface area (Å²) in [6.07, 6.45) is 3.18. The molecule has 5 nitrogen and oxygen atoms in total. The lowest BCUT2D eigenvalue weighted by Crippen LogP contribution is -2.10. The summed E-state index contributed by atoms with van der Waals surface area (Å²) in [6, 6.07) is 1.20. The number of hydrogen-bond acceptors (Lipinski definition) is 4. The van der Waals surface area contributed by atoms with E-state index in [1.807, 2.05) is 6.92 Å². The molecule has 0 aliphatic heterocycles. The molecule has 0 spiro atoms. The van der Waals surface area contributed by atoms with Crippen LogP contribution in [0.25, 0.3) is 0 Å². The third-order valence-electron chi connectivity index (χ3n) is 2.29. The Hall–Kier alpha value is -1.10. The van der Waals surface area contributed by atoms with Gasteiger partial charge in [0.25, 0.3) is 0 Å². The molecule has 0 radical (unpaired) electrons. The molecular formula is C9H16N4O. The Bertz CT molecular complexity index is 282. The molecule has 1 aromatic rings. The summed E-state index contributed by atoms with van der Waals surface area (Å²) in [6.45, 7) is 3.19. The van der Waals surface area contributed by atoms with E-state index in [0.29, 0.717) is 25.2 Å². The predicted octanol–water partition coefficient (Wildman–Crippen LogP) is 0.513. The average Bonchev–Trinajstić information content (AvgIpc) is 2.93. The molecule has 14 heavy (non-hydrogen) atoms. The van der Waals surface area contributed by atoms with Crippen LogP contribution in [0.15, 0.2) is 0 Å². The first-order chi connectivity index (χ1) is 6.86. The first kappa shape index (κ1) is 9.45. The van der Waals surface area contributed by atoms with Crippen LogP contribution in [-0.4, -0.2) is 27.9 Å². The molecule has 0 unspecified atom stereocenters. The Kier molecular flexibility index (Phi) is 2.67. The first-order valence-electron chi connectivity index (χ1n) is 5.13. The summed E-state index contributed by atoms with van der Waals surface area (Å²) in [5.41, 5.74) is 5.51. The van der Waals surface area contributed by atoms with Crippen LogP contribution in [0.4, 0.5) is 0 Å². The maximum absolute atomic E-state index is 5.51. The fraction of sp³-hybridized carbons (Fsp3) is 0.778. The summed E-state index contributed by atoms with van der Waals surface area (Å²) >= 11 is 0. The average molecular weight is 196 g/mol. The highest BCUT2D eigenvalue weighted by molar-refractivity contribution is 5.07. The van der Waals surface area contributed by atoms with Crippen molar-refractivity contribution in [2.45, 2.75) is 32.2 Å². The molecular weight excluding hydrogens is 180 g/mol. The Balaban J connectivity index is 2.22. The van der Waals surface area contributed by atoms with Crippen LogP contribution in [0.5, 0.6) is 6.01 Å². The van der Waals surface area contributed by atoms with Gasteiger partial charge in [0.15, 0.2) is 0 Å². The van der Waals surface area contributed by atoms with Gasteiger partial charge in [0, 0.05) is 12.5 Å². The fourth-order valence-electron chi connectivity index (χ4n) is 1.53. The molecule has 1 saturated carbocycles. The number of nitrogens with zero attached hydrogens (tertiary/aromatic N) is 3. The van der Waals surface area contributed by atoms with E-state index in [-0.39, 0.29) is 0 Å². The monoisotopic (exact) mass is 196 g/mol. The van der Waals surface area contributed by atoms with Crippen molar-refractivity contribution in [1.82, 2.24) is 14.8 Å². The molecule has 0 saturated heterocycles. The van der Waals surface area contributed by atoms with Gasteiger partial charge in [0.05, 0.1) is 6.61 Å². The third-order valence-corrected chi connectivity index (χ3v) is 2.29. The van der Waals surface area contributed by atoms with Crippen LogP contribution in [0.3, 0.4) is 0 Å². The van der Waals surface area contributed by atoms with Crippen LogP contribution < -0.4 is 10.5 Å². The van der Waals surface area contributed by atoms with Gasteiger partial charge in [-0.15, -0.1) is 5.10 Å². The maximum Gasteiger partial charge on any atom is 0.317 e. The van der Waals surface area contributed by atoms with Crippen LogP contribution in [0, 0.1) is 0 Å². The minimum Gasteiger partial charge on any atom is -0.464 e. The molecule has 0 atom stereocenters.